The minimum absolute atomic E-state index is 0.213. The van der Waals surface area contributed by atoms with Gasteiger partial charge in [0.15, 0.2) is 0 Å². The lowest BCUT2D eigenvalue weighted by Crippen LogP contribution is -2.45. The predicted octanol–water partition coefficient (Wildman–Crippen LogP) is 2.16. The molecule has 7 nitrogen and oxygen atoms in total. The van der Waals surface area contributed by atoms with Crippen molar-refractivity contribution in [1.29, 1.82) is 0 Å². The number of rotatable bonds is 4. The molecular formula is C15H19F3N4O3. The lowest BCUT2D eigenvalue weighted by atomic mass is 9.72. The number of aromatic amines is 1. The SMILES string of the molecule is CCOC(=O)[C@@]1(CC)C[C@H]2CC[C@@H]1N2C(=O)c1n[nH]c(C(F)(F)F)n1. The topological polar surface area (TPSA) is 88.2 Å². The summed E-state index contributed by atoms with van der Waals surface area (Å²) < 4.78 is 43.2. The van der Waals surface area contributed by atoms with Crippen molar-refractivity contribution >= 4 is 11.9 Å². The average Bonchev–Trinajstić information content (AvgIpc) is 3.27. The summed E-state index contributed by atoms with van der Waals surface area (Å²) in [5.41, 5.74) is -0.808. The van der Waals surface area contributed by atoms with Crippen LogP contribution in [0.3, 0.4) is 0 Å². The Bertz CT molecular complexity index is 690. The van der Waals surface area contributed by atoms with Gasteiger partial charge in [-0.2, -0.15) is 18.2 Å². The molecule has 0 aromatic carbocycles. The molecule has 3 rings (SSSR count). The van der Waals surface area contributed by atoms with Crippen molar-refractivity contribution < 1.29 is 27.5 Å². The molecule has 2 saturated heterocycles. The molecule has 2 bridgehead atoms. The van der Waals surface area contributed by atoms with Crippen LogP contribution in [0.25, 0.3) is 0 Å². The Kier molecular flexibility index (Phi) is 4.24. The van der Waals surface area contributed by atoms with Crippen LogP contribution < -0.4 is 0 Å². The number of alkyl halides is 3. The summed E-state index contributed by atoms with van der Waals surface area (Å²) in [7, 11) is 0. The number of aromatic nitrogens is 3. The third-order valence-corrected chi connectivity index (χ3v) is 5.23. The van der Waals surface area contributed by atoms with Crippen LogP contribution in [0, 0.1) is 5.41 Å². The summed E-state index contributed by atoms with van der Waals surface area (Å²) in [5.74, 6) is -2.87. The maximum absolute atomic E-state index is 12.7. The highest BCUT2D eigenvalue weighted by Crippen LogP contribution is 2.52. The first-order chi connectivity index (χ1) is 11.7. The number of H-pyrrole nitrogens is 1. The van der Waals surface area contributed by atoms with E-state index >= 15 is 0 Å². The number of ether oxygens (including phenoxy) is 1. The van der Waals surface area contributed by atoms with Crippen molar-refractivity contribution in [2.45, 2.75) is 57.8 Å². The van der Waals surface area contributed by atoms with E-state index in [9.17, 15) is 22.8 Å². The van der Waals surface area contributed by atoms with Gasteiger partial charge < -0.3 is 9.64 Å². The van der Waals surface area contributed by atoms with Crippen LogP contribution in [0.1, 0.15) is 56.0 Å². The van der Waals surface area contributed by atoms with Crippen LogP contribution in [-0.2, 0) is 15.7 Å². The minimum Gasteiger partial charge on any atom is -0.466 e. The number of hydrogen-bond acceptors (Lipinski definition) is 5. The maximum Gasteiger partial charge on any atom is 0.451 e. The molecule has 25 heavy (non-hydrogen) atoms. The zero-order chi connectivity index (χ0) is 18.4. The molecule has 3 atom stereocenters. The first kappa shape index (κ1) is 17.7. The number of halogens is 3. The molecule has 0 unspecified atom stereocenters. The molecule has 2 aliphatic heterocycles. The van der Waals surface area contributed by atoms with Gasteiger partial charge in [-0.15, -0.1) is 5.10 Å². The van der Waals surface area contributed by atoms with E-state index in [0.717, 1.165) is 0 Å². The van der Waals surface area contributed by atoms with E-state index in [2.05, 4.69) is 10.1 Å². The van der Waals surface area contributed by atoms with Gasteiger partial charge in [-0.3, -0.25) is 14.7 Å². The molecule has 2 fully saturated rings. The van der Waals surface area contributed by atoms with Gasteiger partial charge in [0.05, 0.1) is 12.0 Å². The molecule has 0 saturated carbocycles. The Labute approximate surface area is 141 Å². The molecule has 2 aliphatic rings. The zero-order valence-electron chi connectivity index (χ0n) is 13.9. The third kappa shape index (κ3) is 2.67. The normalized spacial score (nSPS) is 28.4. The van der Waals surface area contributed by atoms with E-state index in [-0.39, 0.29) is 18.6 Å². The number of nitrogens with zero attached hydrogens (tertiary/aromatic N) is 3. The van der Waals surface area contributed by atoms with Crippen LogP contribution in [0.2, 0.25) is 0 Å². The summed E-state index contributed by atoms with van der Waals surface area (Å²) in [4.78, 5) is 29.9. The van der Waals surface area contributed by atoms with Gasteiger partial charge in [-0.05, 0) is 32.6 Å². The molecule has 1 aromatic heterocycles. The Morgan fingerprint density at radius 2 is 2.08 bits per heavy atom. The average molecular weight is 360 g/mol. The lowest BCUT2D eigenvalue weighted by molar-refractivity contribution is -0.157. The molecular weight excluding hydrogens is 341 g/mol. The number of nitrogens with one attached hydrogen (secondary N) is 1. The lowest BCUT2D eigenvalue weighted by Gasteiger charge is -2.33. The van der Waals surface area contributed by atoms with Crippen LogP contribution in [0.15, 0.2) is 0 Å². The highest BCUT2D eigenvalue weighted by molar-refractivity contribution is 5.93. The number of fused-ring (bicyclic) bond motifs is 2. The van der Waals surface area contributed by atoms with E-state index in [1.54, 1.807) is 12.0 Å². The van der Waals surface area contributed by atoms with Gasteiger partial charge in [0, 0.05) is 12.1 Å². The van der Waals surface area contributed by atoms with Crippen molar-refractivity contribution in [3.63, 3.8) is 0 Å². The highest BCUT2D eigenvalue weighted by Gasteiger charge is 2.61. The molecule has 1 N–H and O–H groups in total. The number of hydrogen-bond donors (Lipinski definition) is 1. The molecule has 3 heterocycles. The quantitative estimate of drug-likeness (QED) is 0.832. The monoisotopic (exact) mass is 360 g/mol. The second kappa shape index (κ2) is 5.99. The minimum atomic E-state index is -4.70. The number of esters is 1. The summed E-state index contributed by atoms with van der Waals surface area (Å²) in [5, 5.41) is 5.17. The smallest absolute Gasteiger partial charge is 0.451 e. The zero-order valence-corrected chi connectivity index (χ0v) is 13.9. The van der Waals surface area contributed by atoms with E-state index in [1.165, 1.54) is 4.90 Å². The Morgan fingerprint density at radius 3 is 2.64 bits per heavy atom. The van der Waals surface area contributed by atoms with Crippen molar-refractivity contribution in [1.82, 2.24) is 20.1 Å². The first-order valence-electron chi connectivity index (χ1n) is 8.24. The van der Waals surface area contributed by atoms with Crippen molar-refractivity contribution in [3.8, 4) is 0 Å². The predicted molar refractivity (Wildman–Crippen MR) is 78.3 cm³/mol. The van der Waals surface area contributed by atoms with Crippen molar-refractivity contribution in [3.05, 3.63) is 11.6 Å². The van der Waals surface area contributed by atoms with Gasteiger partial charge in [0.2, 0.25) is 11.6 Å². The molecule has 10 heteroatoms. The van der Waals surface area contributed by atoms with Gasteiger partial charge in [0.1, 0.15) is 0 Å². The molecule has 138 valence electrons. The fourth-order valence-corrected chi connectivity index (χ4v) is 4.11. The number of carbonyl (C=O) groups is 2. The fourth-order valence-electron chi connectivity index (χ4n) is 4.11. The first-order valence-corrected chi connectivity index (χ1v) is 8.24. The molecule has 0 radical (unpaired) electrons. The molecule has 1 amide bonds. The van der Waals surface area contributed by atoms with Crippen LogP contribution in [-0.4, -0.2) is 50.6 Å². The van der Waals surface area contributed by atoms with Crippen molar-refractivity contribution in [2.24, 2.45) is 5.41 Å². The Hall–Kier alpha value is -2.13. The van der Waals surface area contributed by atoms with E-state index < -0.39 is 35.2 Å². The second-order valence-corrected chi connectivity index (χ2v) is 6.40. The Morgan fingerprint density at radius 1 is 1.36 bits per heavy atom. The second-order valence-electron chi connectivity index (χ2n) is 6.40. The Balaban J connectivity index is 1.87. The van der Waals surface area contributed by atoms with Crippen molar-refractivity contribution in [2.75, 3.05) is 6.61 Å². The largest absolute Gasteiger partial charge is 0.466 e. The number of amides is 1. The molecule has 1 aromatic rings. The third-order valence-electron chi connectivity index (χ3n) is 5.23. The highest BCUT2D eigenvalue weighted by atomic mass is 19.4. The van der Waals surface area contributed by atoms with Gasteiger partial charge in [-0.1, -0.05) is 6.92 Å². The summed E-state index contributed by atoms with van der Waals surface area (Å²) in [6, 6.07) is -0.614. The number of carbonyl (C=O) groups excluding carboxylic acids is 2. The van der Waals surface area contributed by atoms with E-state index in [0.29, 0.717) is 25.7 Å². The fraction of sp³-hybridized carbons (Fsp3) is 0.733. The molecule has 0 spiro atoms. The van der Waals surface area contributed by atoms with Crippen LogP contribution in [0.4, 0.5) is 13.2 Å². The van der Waals surface area contributed by atoms with Gasteiger partial charge >= 0.3 is 12.1 Å². The molecule has 0 aliphatic carbocycles. The van der Waals surface area contributed by atoms with Gasteiger partial charge in [-0.25, -0.2) is 0 Å². The van der Waals surface area contributed by atoms with E-state index in [4.69, 9.17) is 4.74 Å². The van der Waals surface area contributed by atoms with Crippen LogP contribution in [0.5, 0.6) is 0 Å². The van der Waals surface area contributed by atoms with Crippen LogP contribution >= 0.6 is 0 Å². The van der Waals surface area contributed by atoms with E-state index in [1.807, 2.05) is 6.92 Å². The van der Waals surface area contributed by atoms with Gasteiger partial charge in [0.25, 0.3) is 5.91 Å². The maximum atomic E-state index is 12.7. The standard InChI is InChI=1S/C15H19F3N4O3/c1-3-14(13(24)25-4-2)7-8-5-6-9(14)22(8)11(23)10-19-12(21-20-10)15(16,17)18/h8-9H,3-7H2,1-2H3,(H,19,20,21)/t8-,9+,14+/m1/s1. The summed E-state index contributed by atoms with van der Waals surface area (Å²) >= 11 is 0. The summed E-state index contributed by atoms with van der Waals surface area (Å²) in [6.45, 7) is 3.81. The summed E-state index contributed by atoms with van der Waals surface area (Å²) in [6.07, 6.45) is -2.44.